The van der Waals surface area contributed by atoms with Crippen molar-refractivity contribution >= 4 is 28.6 Å². The highest BCUT2D eigenvalue weighted by Crippen LogP contribution is 2.28. The number of benzene rings is 1. The van der Waals surface area contributed by atoms with Gasteiger partial charge in [0.25, 0.3) is 0 Å². The molecule has 1 fully saturated rings. The number of aryl methyl sites for hydroxylation is 1. The molecule has 0 radical (unpaired) electrons. The normalized spacial score (nSPS) is 17.4. The number of anilines is 1. The molecule has 128 valence electrons. The van der Waals surface area contributed by atoms with Gasteiger partial charge in [-0.25, -0.2) is 4.98 Å². The van der Waals surface area contributed by atoms with Crippen LogP contribution in [0.25, 0.3) is 11.1 Å². The minimum absolute atomic E-state index is 0.0716. The van der Waals surface area contributed by atoms with Crippen molar-refractivity contribution in [1.29, 1.82) is 0 Å². The van der Waals surface area contributed by atoms with E-state index in [4.69, 9.17) is 8.83 Å². The highest BCUT2D eigenvalue weighted by molar-refractivity contribution is 6.01. The predicted octanol–water partition coefficient (Wildman–Crippen LogP) is 2.40. The molecular weight excluding hydrogens is 322 g/mol. The number of amides is 2. The molecule has 2 aromatic heterocycles. The molecular formula is C18H17N3O4. The number of fused-ring (bicyclic) bond motifs is 1. The van der Waals surface area contributed by atoms with Crippen molar-refractivity contribution in [3.05, 3.63) is 48.2 Å². The molecule has 4 rings (SSSR count). The fraction of sp³-hybridized carbons (Fsp3) is 0.278. The van der Waals surface area contributed by atoms with E-state index in [0.717, 1.165) is 5.69 Å². The third kappa shape index (κ3) is 3.00. The Morgan fingerprint density at radius 1 is 1.40 bits per heavy atom. The Bertz CT molecular complexity index is 929. The summed E-state index contributed by atoms with van der Waals surface area (Å²) in [5, 5.41) is 2.81. The standard InChI is InChI=1S/C18H17N3O4/c1-11-20-15-8-13(4-5-16(15)25-11)21-10-12(7-17(21)22)18(23)19-9-14-3-2-6-24-14/h2-6,8,12H,7,9-10H2,1H3,(H,19,23)/t12-/m0/s1. The van der Waals surface area contributed by atoms with Gasteiger partial charge in [-0.3, -0.25) is 9.59 Å². The van der Waals surface area contributed by atoms with E-state index in [-0.39, 0.29) is 24.2 Å². The summed E-state index contributed by atoms with van der Waals surface area (Å²) < 4.78 is 10.6. The van der Waals surface area contributed by atoms with E-state index in [9.17, 15) is 9.59 Å². The minimum atomic E-state index is -0.378. The summed E-state index contributed by atoms with van der Waals surface area (Å²) in [5.41, 5.74) is 2.11. The van der Waals surface area contributed by atoms with Crippen molar-refractivity contribution in [3.63, 3.8) is 0 Å². The van der Waals surface area contributed by atoms with E-state index in [1.165, 1.54) is 0 Å². The molecule has 3 heterocycles. The lowest BCUT2D eigenvalue weighted by molar-refractivity contribution is -0.126. The van der Waals surface area contributed by atoms with Gasteiger partial charge >= 0.3 is 0 Å². The lowest BCUT2D eigenvalue weighted by Gasteiger charge is -2.16. The van der Waals surface area contributed by atoms with Crippen LogP contribution in [0.4, 0.5) is 5.69 Å². The highest BCUT2D eigenvalue weighted by atomic mass is 16.3. The molecule has 3 aromatic rings. The number of nitrogens with zero attached hydrogens (tertiary/aromatic N) is 2. The Kier molecular flexibility index (Phi) is 3.76. The molecule has 0 spiro atoms. The SMILES string of the molecule is Cc1nc2cc(N3C[C@@H](C(=O)NCc4ccco4)CC3=O)ccc2o1. The Hall–Kier alpha value is -3.09. The van der Waals surface area contributed by atoms with Gasteiger partial charge in [-0.05, 0) is 30.3 Å². The minimum Gasteiger partial charge on any atom is -0.467 e. The van der Waals surface area contributed by atoms with Crippen LogP contribution in [0.15, 0.2) is 45.4 Å². The molecule has 1 saturated heterocycles. The summed E-state index contributed by atoms with van der Waals surface area (Å²) in [4.78, 5) is 30.6. The van der Waals surface area contributed by atoms with E-state index in [0.29, 0.717) is 35.8 Å². The number of carbonyl (C=O) groups is 2. The zero-order valence-corrected chi connectivity index (χ0v) is 13.7. The maximum atomic E-state index is 12.3. The zero-order chi connectivity index (χ0) is 17.4. The van der Waals surface area contributed by atoms with Crippen LogP contribution in [-0.4, -0.2) is 23.3 Å². The van der Waals surface area contributed by atoms with Crippen molar-refractivity contribution in [1.82, 2.24) is 10.3 Å². The average molecular weight is 339 g/mol. The smallest absolute Gasteiger partial charge is 0.227 e. The van der Waals surface area contributed by atoms with E-state index in [1.807, 2.05) is 12.1 Å². The van der Waals surface area contributed by atoms with Crippen LogP contribution >= 0.6 is 0 Å². The van der Waals surface area contributed by atoms with Crippen molar-refractivity contribution in [2.24, 2.45) is 5.92 Å². The average Bonchev–Trinajstić information content (AvgIpc) is 3.30. The Labute approximate surface area is 143 Å². The first-order valence-corrected chi connectivity index (χ1v) is 8.08. The van der Waals surface area contributed by atoms with Gasteiger partial charge in [0, 0.05) is 25.6 Å². The predicted molar refractivity (Wildman–Crippen MR) is 89.8 cm³/mol. The molecule has 1 N–H and O–H groups in total. The van der Waals surface area contributed by atoms with Crippen molar-refractivity contribution in [2.75, 3.05) is 11.4 Å². The Morgan fingerprint density at radius 2 is 2.28 bits per heavy atom. The summed E-state index contributed by atoms with van der Waals surface area (Å²) in [5.74, 6) is 0.664. The van der Waals surface area contributed by atoms with Gasteiger partial charge in [0.05, 0.1) is 18.7 Å². The first-order chi connectivity index (χ1) is 12.1. The molecule has 0 unspecified atom stereocenters. The molecule has 7 heteroatoms. The summed E-state index contributed by atoms with van der Waals surface area (Å²) in [6, 6.07) is 8.98. The zero-order valence-electron chi connectivity index (χ0n) is 13.7. The number of hydrogen-bond donors (Lipinski definition) is 1. The number of aromatic nitrogens is 1. The number of furan rings is 1. The molecule has 0 bridgehead atoms. The summed E-state index contributed by atoms with van der Waals surface area (Å²) in [6.45, 7) is 2.45. The van der Waals surface area contributed by atoms with Crippen LogP contribution in [0.1, 0.15) is 18.1 Å². The third-order valence-corrected chi connectivity index (χ3v) is 4.30. The number of rotatable bonds is 4. The second kappa shape index (κ2) is 6.08. The second-order valence-electron chi connectivity index (χ2n) is 6.09. The monoisotopic (exact) mass is 339 g/mol. The first-order valence-electron chi connectivity index (χ1n) is 8.08. The van der Waals surface area contributed by atoms with Gasteiger partial charge in [-0.2, -0.15) is 0 Å². The van der Waals surface area contributed by atoms with Gasteiger partial charge in [0.15, 0.2) is 11.5 Å². The van der Waals surface area contributed by atoms with Crippen LogP contribution in [0.2, 0.25) is 0 Å². The topological polar surface area (TPSA) is 88.6 Å². The molecule has 1 aliphatic rings. The highest BCUT2D eigenvalue weighted by Gasteiger charge is 2.35. The van der Waals surface area contributed by atoms with E-state index < -0.39 is 0 Å². The number of nitrogens with one attached hydrogen (secondary N) is 1. The maximum absolute atomic E-state index is 12.3. The molecule has 1 aliphatic heterocycles. The van der Waals surface area contributed by atoms with Crippen LogP contribution in [0.3, 0.4) is 0 Å². The fourth-order valence-electron chi connectivity index (χ4n) is 3.06. The molecule has 25 heavy (non-hydrogen) atoms. The summed E-state index contributed by atoms with van der Waals surface area (Å²) >= 11 is 0. The van der Waals surface area contributed by atoms with Crippen LogP contribution in [-0.2, 0) is 16.1 Å². The summed E-state index contributed by atoms with van der Waals surface area (Å²) in [6.07, 6.45) is 1.75. The number of hydrogen-bond acceptors (Lipinski definition) is 5. The molecule has 0 saturated carbocycles. The third-order valence-electron chi connectivity index (χ3n) is 4.30. The number of carbonyl (C=O) groups excluding carboxylic acids is 2. The van der Waals surface area contributed by atoms with Crippen LogP contribution < -0.4 is 10.2 Å². The van der Waals surface area contributed by atoms with E-state index in [2.05, 4.69) is 10.3 Å². The largest absolute Gasteiger partial charge is 0.467 e. The second-order valence-corrected chi connectivity index (χ2v) is 6.09. The van der Waals surface area contributed by atoms with Crippen LogP contribution in [0.5, 0.6) is 0 Å². The molecule has 1 aromatic carbocycles. The number of oxazole rings is 1. The van der Waals surface area contributed by atoms with Crippen LogP contribution in [0, 0.1) is 12.8 Å². The van der Waals surface area contributed by atoms with Gasteiger partial charge in [0.2, 0.25) is 11.8 Å². The van der Waals surface area contributed by atoms with Gasteiger partial charge < -0.3 is 19.1 Å². The molecule has 1 atom stereocenters. The molecule has 0 aliphatic carbocycles. The molecule has 2 amide bonds. The van der Waals surface area contributed by atoms with E-state index >= 15 is 0 Å². The lowest BCUT2D eigenvalue weighted by atomic mass is 10.1. The molecule has 7 nitrogen and oxygen atoms in total. The van der Waals surface area contributed by atoms with Gasteiger partial charge in [-0.15, -0.1) is 0 Å². The lowest BCUT2D eigenvalue weighted by Crippen LogP contribution is -2.32. The van der Waals surface area contributed by atoms with Crippen molar-refractivity contribution in [3.8, 4) is 0 Å². The fourth-order valence-corrected chi connectivity index (χ4v) is 3.06. The Morgan fingerprint density at radius 3 is 3.08 bits per heavy atom. The summed E-state index contributed by atoms with van der Waals surface area (Å²) in [7, 11) is 0. The Balaban J connectivity index is 1.46. The van der Waals surface area contributed by atoms with E-state index in [1.54, 1.807) is 36.3 Å². The quantitative estimate of drug-likeness (QED) is 0.788. The van der Waals surface area contributed by atoms with Crippen molar-refractivity contribution in [2.45, 2.75) is 19.9 Å². The maximum Gasteiger partial charge on any atom is 0.227 e. The first kappa shape index (κ1) is 15.4. The van der Waals surface area contributed by atoms with Gasteiger partial charge in [-0.1, -0.05) is 0 Å². The van der Waals surface area contributed by atoms with Gasteiger partial charge in [0.1, 0.15) is 11.3 Å². The van der Waals surface area contributed by atoms with Crippen molar-refractivity contribution < 1.29 is 18.4 Å².